The zero-order valence-corrected chi connectivity index (χ0v) is 15.3. The van der Waals surface area contributed by atoms with Gasteiger partial charge in [0.05, 0.1) is 13.2 Å². The first kappa shape index (κ1) is 16.7. The topological polar surface area (TPSA) is 86.4 Å². The van der Waals surface area contributed by atoms with Crippen LogP contribution in [0.3, 0.4) is 0 Å². The molecule has 0 aromatic heterocycles. The van der Waals surface area contributed by atoms with E-state index in [1.165, 1.54) is 0 Å². The summed E-state index contributed by atoms with van der Waals surface area (Å²) >= 11 is 0. The first-order valence-electron chi connectivity index (χ1n) is 9.01. The van der Waals surface area contributed by atoms with Crippen LogP contribution in [-0.2, 0) is 11.2 Å². The summed E-state index contributed by atoms with van der Waals surface area (Å²) in [5.74, 6) is 2.03. The van der Waals surface area contributed by atoms with Gasteiger partial charge < -0.3 is 29.8 Å². The Labute approximate surface area is 157 Å². The van der Waals surface area contributed by atoms with Gasteiger partial charge in [-0.15, -0.1) is 0 Å². The quantitative estimate of drug-likeness (QED) is 0.785. The first-order valence-corrected chi connectivity index (χ1v) is 9.01. The van der Waals surface area contributed by atoms with E-state index in [-0.39, 0.29) is 18.9 Å². The molecule has 3 N–H and O–H groups in total. The largest absolute Gasteiger partial charge is 0.492 e. The Morgan fingerprint density at radius 2 is 2.07 bits per heavy atom. The van der Waals surface area contributed by atoms with Crippen molar-refractivity contribution in [2.75, 3.05) is 33.2 Å². The number of benzene rings is 2. The molecule has 7 heteroatoms. The lowest BCUT2D eigenvalue weighted by molar-refractivity contribution is -0.141. The number of fused-ring (bicyclic) bond motifs is 3. The van der Waals surface area contributed by atoms with Crippen molar-refractivity contribution in [3.63, 3.8) is 0 Å². The van der Waals surface area contributed by atoms with E-state index in [2.05, 4.69) is 11.9 Å². The Morgan fingerprint density at radius 1 is 1.22 bits per heavy atom. The van der Waals surface area contributed by atoms with Crippen molar-refractivity contribution in [1.29, 1.82) is 0 Å². The second kappa shape index (κ2) is 6.02. The van der Waals surface area contributed by atoms with Gasteiger partial charge in [0.15, 0.2) is 17.8 Å². The standard InChI is InChI=1S/C20H22N2O5/c1-22-6-5-10-7-14-18(26-9-25-14)19(24-2)15(10)16(22)17-12-4-3-11(21)8-13(12)20(23)27-17/h3-4,7-8,16-17,20,23H,5-6,9,21H2,1-2H3. The van der Waals surface area contributed by atoms with E-state index in [9.17, 15) is 5.11 Å². The van der Waals surface area contributed by atoms with Gasteiger partial charge in [0.2, 0.25) is 12.5 Å². The summed E-state index contributed by atoms with van der Waals surface area (Å²) in [7, 11) is 3.70. The number of anilines is 1. The van der Waals surface area contributed by atoms with E-state index >= 15 is 0 Å². The number of hydrogen-bond donors (Lipinski definition) is 2. The summed E-state index contributed by atoms with van der Waals surface area (Å²) in [6.45, 7) is 1.05. The van der Waals surface area contributed by atoms with Crippen LogP contribution in [0.2, 0.25) is 0 Å². The van der Waals surface area contributed by atoms with Crippen LogP contribution in [0.5, 0.6) is 17.2 Å². The van der Waals surface area contributed by atoms with Crippen molar-refractivity contribution in [1.82, 2.24) is 4.90 Å². The molecule has 0 amide bonds. The van der Waals surface area contributed by atoms with Gasteiger partial charge in [0, 0.05) is 23.4 Å². The van der Waals surface area contributed by atoms with E-state index in [0.29, 0.717) is 17.2 Å². The minimum absolute atomic E-state index is 0.127. The highest BCUT2D eigenvalue weighted by Crippen LogP contribution is 2.55. The van der Waals surface area contributed by atoms with Gasteiger partial charge in [0.1, 0.15) is 6.10 Å². The van der Waals surface area contributed by atoms with E-state index < -0.39 is 6.29 Å². The fraction of sp³-hybridized carbons (Fsp3) is 0.400. The number of nitrogen functional groups attached to an aromatic ring is 1. The van der Waals surface area contributed by atoms with Crippen LogP contribution in [0.1, 0.15) is 40.7 Å². The molecule has 2 aromatic carbocycles. The average Bonchev–Trinajstić information content (AvgIpc) is 3.24. The molecule has 0 saturated carbocycles. The van der Waals surface area contributed by atoms with Crippen molar-refractivity contribution in [3.05, 3.63) is 46.5 Å². The molecule has 3 unspecified atom stereocenters. The third-order valence-corrected chi connectivity index (χ3v) is 5.70. The molecule has 0 bridgehead atoms. The summed E-state index contributed by atoms with van der Waals surface area (Å²) in [6.07, 6.45) is -0.458. The number of ether oxygens (including phenoxy) is 4. The molecule has 3 heterocycles. The molecular formula is C20H22N2O5. The average molecular weight is 370 g/mol. The van der Waals surface area contributed by atoms with Crippen LogP contribution in [0.4, 0.5) is 5.69 Å². The Hall–Kier alpha value is -2.48. The van der Waals surface area contributed by atoms with Gasteiger partial charge in [-0.1, -0.05) is 6.07 Å². The van der Waals surface area contributed by atoms with Crippen molar-refractivity contribution in [2.24, 2.45) is 0 Å². The summed E-state index contributed by atoms with van der Waals surface area (Å²) < 4.78 is 23.0. The summed E-state index contributed by atoms with van der Waals surface area (Å²) in [5, 5.41) is 10.5. The molecule has 5 rings (SSSR count). The van der Waals surface area contributed by atoms with Crippen LogP contribution < -0.4 is 19.9 Å². The molecule has 0 saturated heterocycles. The monoisotopic (exact) mass is 370 g/mol. The second-order valence-corrected chi connectivity index (χ2v) is 7.19. The molecule has 27 heavy (non-hydrogen) atoms. The van der Waals surface area contributed by atoms with Gasteiger partial charge in [-0.3, -0.25) is 4.90 Å². The maximum Gasteiger partial charge on any atom is 0.231 e. The maximum atomic E-state index is 10.5. The van der Waals surface area contributed by atoms with Crippen molar-refractivity contribution >= 4 is 5.69 Å². The number of aliphatic hydroxyl groups is 1. The van der Waals surface area contributed by atoms with Crippen molar-refractivity contribution in [2.45, 2.75) is 24.9 Å². The Balaban J connectivity index is 1.68. The second-order valence-electron chi connectivity index (χ2n) is 7.19. The lowest BCUT2D eigenvalue weighted by Crippen LogP contribution is -2.36. The van der Waals surface area contributed by atoms with Crippen LogP contribution in [-0.4, -0.2) is 37.5 Å². The van der Waals surface area contributed by atoms with E-state index in [4.69, 9.17) is 24.7 Å². The molecule has 0 spiro atoms. The molecule has 2 aromatic rings. The van der Waals surface area contributed by atoms with Crippen molar-refractivity contribution in [3.8, 4) is 17.2 Å². The SMILES string of the molecule is COc1c2c(cc3c1C(C1OC(O)c4cc(N)ccc41)N(C)CC3)OCO2. The molecule has 3 aliphatic rings. The highest BCUT2D eigenvalue weighted by Gasteiger charge is 2.43. The predicted octanol–water partition coefficient (Wildman–Crippen LogP) is 2.30. The Kier molecular flexibility index (Phi) is 3.72. The highest BCUT2D eigenvalue weighted by atomic mass is 16.7. The number of rotatable bonds is 2. The molecule has 0 fully saturated rings. The Morgan fingerprint density at radius 3 is 2.89 bits per heavy atom. The van der Waals surface area contributed by atoms with E-state index in [1.807, 2.05) is 18.2 Å². The molecule has 142 valence electrons. The van der Waals surface area contributed by atoms with Crippen LogP contribution >= 0.6 is 0 Å². The summed E-state index contributed by atoms with van der Waals surface area (Å²) in [4.78, 5) is 2.23. The number of methoxy groups -OCH3 is 1. The zero-order valence-electron chi connectivity index (χ0n) is 15.3. The molecule has 3 atom stereocenters. The number of nitrogens with two attached hydrogens (primary N) is 1. The first-order chi connectivity index (χ1) is 13.1. The highest BCUT2D eigenvalue weighted by molar-refractivity contribution is 5.62. The smallest absolute Gasteiger partial charge is 0.231 e. The molecule has 7 nitrogen and oxygen atoms in total. The number of hydrogen-bond acceptors (Lipinski definition) is 7. The van der Waals surface area contributed by atoms with Gasteiger partial charge in [0.25, 0.3) is 0 Å². The number of aliphatic hydroxyl groups excluding tert-OH is 1. The minimum atomic E-state index is -0.993. The summed E-state index contributed by atoms with van der Waals surface area (Å²) in [6, 6.07) is 7.47. The van der Waals surface area contributed by atoms with Crippen molar-refractivity contribution < 1.29 is 24.1 Å². The normalized spacial score (nSPS) is 26.0. The third kappa shape index (κ3) is 2.39. The molecule has 0 radical (unpaired) electrons. The lowest BCUT2D eigenvalue weighted by Gasteiger charge is -2.39. The lowest BCUT2D eigenvalue weighted by atomic mass is 9.85. The predicted molar refractivity (Wildman–Crippen MR) is 97.8 cm³/mol. The fourth-order valence-corrected chi connectivity index (χ4v) is 4.45. The Bertz CT molecular complexity index is 916. The fourth-order valence-electron chi connectivity index (χ4n) is 4.45. The van der Waals surface area contributed by atoms with Gasteiger partial charge in [-0.25, -0.2) is 0 Å². The zero-order chi connectivity index (χ0) is 18.7. The van der Waals surface area contributed by atoms with E-state index in [0.717, 1.165) is 41.0 Å². The molecular weight excluding hydrogens is 348 g/mol. The molecule has 0 aliphatic carbocycles. The summed E-state index contributed by atoms with van der Waals surface area (Å²) in [5.41, 5.74) is 10.4. The van der Waals surface area contributed by atoms with E-state index in [1.54, 1.807) is 13.2 Å². The van der Waals surface area contributed by atoms with Gasteiger partial charge >= 0.3 is 0 Å². The molecule has 3 aliphatic heterocycles. The minimum Gasteiger partial charge on any atom is -0.492 e. The van der Waals surface area contributed by atoms with Crippen LogP contribution in [0, 0.1) is 0 Å². The number of likely N-dealkylation sites (N-methyl/N-ethyl adjacent to an activating group) is 1. The van der Waals surface area contributed by atoms with Gasteiger partial charge in [-0.05, 0) is 42.8 Å². The number of nitrogens with zero attached hydrogens (tertiary/aromatic N) is 1. The maximum absolute atomic E-state index is 10.5. The van der Waals surface area contributed by atoms with Gasteiger partial charge in [-0.2, -0.15) is 0 Å². The van der Waals surface area contributed by atoms with Crippen LogP contribution in [0.25, 0.3) is 0 Å². The third-order valence-electron chi connectivity index (χ3n) is 5.70. The van der Waals surface area contributed by atoms with Crippen LogP contribution in [0.15, 0.2) is 24.3 Å².